The summed E-state index contributed by atoms with van der Waals surface area (Å²) in [6, 6.07) is 0. The van der Waals surface area contributed by atoms with Gasteiger partial charge in [-0.3, -0.25) is 4.79 Å². The molecule has 1 aliphatic heterocycles. The third kappa shape index (κ3) is 1.93. The van der Waals surface area contributed by atoms with Crippen molar-refractivity contribution in [3.63, 3.8) is 0 Å². The van der Waals surface area contributed by atoms with Gasteiger partial charge in [-0.15, -0.1) is 0 Å². The van der Waals surface area contributed by atoms with Crippen LogP contribution in [0.25, 0.3) is 0 Å². The van der Waals surface area contributed by atoms with Gasteiger partial charge in [-0.2, -0.15) is 0 Å². The molecule has 1 aliphatic rings. The quantitative estimate of drug-likeness (QED) is 0.447. The second kappa shape index (κ2) is 3.37. The SMILES string of the molecule is C=C1CC(C/C=C/C)C(=O)O1. The molecule has 1 saturated heterocycles. The minimum absolute atomic E-state index is 0.0127. The van der Waals surface area contributed by atoms with Gasteiger partial charge in [0.25, 0.3) is 0 Å². The molecule has 2 heteroatoms. The third-order valence-electron chi connectivity index (χ3n) is 1.71. The number of ether oxygens (including phenoxy) is 1. The van der Waals surface area contributed by atoms with E-state index in [0.29, 0.717) is 12.2 Å². The molecule has 1 rings (SSSR count). The van der Waals surface area contributed by atoms with Crippen LogP contribution in [-0.2, 0) is 9.53 Å². The Bertz CT molecular complexity index is 204. The lowest BCUT2D eigenvalue weighted by Crippen LogP contribution is -2.05. The van der Waals surface area contributed by atoms with Crippen molar-refractivity contribution in [1.82, 2.24) is 0 Å². The van der Waals surface area contributed by atoms with Gasteiger partial charge in [-0.05, 0) is 13.3 Å². The molecule has 1 unspecified atom stereocenters. The number of carbonyl (C=O) groups excluding carboxylic acids is 1. The van der Waals surface area contributed by atoms with Gasteiger partial charge >= 0.3 is 5.97 Å². The van der Waals surface area contributed by atoms with Crippen molar-refractivity contribution in [3.05, 3.63) is 24.5 Å². The van der Waals surface area contributed by atoms with Crippen LogP contribution in [-0.4, -0.2) is 5.97 Å². The molecule has 0 saturated carbocycles. The van der Waals surface area contributed by atoms with Crippen LogP contribution >= 0.6 is 0 Å². The van der Waals surface area contributed by atoms with E-state index in [1.807, 2.05) is 19.1 Å². The summed E-state index contributed by atoms with van der Waals surface area (Å²) in [5.41, 5.74) is 0. The monoisotopic (exact) mass is 152 g/mol. The van der Waals surface area contributed by atoms with Crippen molar-refractivity contribution >= 4 is 5.97 Å². The summed E-state index contributed by atoms with van der Waals surface area (Å²) in [6.07, 6.45) is 5.37. The summed E-state index contributed by atoms with van der Waals surface area (Å²) in [7, 11) is 0. The molecule has 60 valence electrons. The van der Waals surface area contributed by atoms with Gasteiger partial charge in [0.05, 0.1) is 5.92 Å². The average Bonchev–Trinajstić information content (AvgIpc) is 2.26. The standard InChI is InChI=1S/C9H12O2/c1-3-4-5-8-6-7(2)11-9(8)10/h3-4,8H,2,5-6H2,1H3/b4-3+. The second-order valence-corrected chi connectivity index (χ2v) is 2.67. The van der Waals surface area contributed by atoms with Crippen molar-refractivity contribution in [3.8, 4) is 0 Å². The average molecular weight is 152 g/mol. The minimum atomic E-state index is -0.131. The van der Waals surface area contributed by atoms with Crippen molar-refractivity contribution in [2.45, 2.75) is 19.8 Å². The number of rotatable bonds is 2. The van der Waals surface area contributed by atoms with Gasteiger partial charge < -0.3 is 4.74 Å². The van der Waals surface area contributed by atoms with Crippen molar-refractivity contribution < 1.29 is 9.53 Å². The summed E-state index contributed by atoms with van der Waals surface area (Å²) >= 11 is 0. The maximum absolute atomic E-state index is 11.0. The van der Waals surface area contributed by atoms with Gasteiger partial charge in [-0.25, -0.2) is 0 Å². The fraction of sp³-hybridized carbons (Fsp3) is 0.444. The van der Waals surface area contributed by atoms with Crippen LogP contribution in [0, 0.1) is 5.92 Å². The van der Waals surface area contributed by atoms with Crippen LogP contribution < -0.4 is 0 Å². The maximum Gasteiger partial charge on any atom is 0.314 e. The van der Waals surface area contributed by atoms with E-state index in [4.69, 9.17) is 4.74 Å². The molecule has 2 nitrogen and oxygen atoms in total. The molecule has 1 heterocycles. The first kappa shape index (κ1) is 8.05. The number of esters is 1. The third-order valence-corrected chi connectivity index (χ3v) is 1.71. The fourth-order valence-corrected chi connectivity index (χ4v) is 1.11. The molecule has 0 aliphatic carbocycles. The van der Waals surface area contributed by atoms with E-state index >= 15 is 0 Å². The largest absolute Gasteiger partial charge is 0.431 e. The predicted octanol–water partition coefficient (Wildman–Crippen LogP) is 2.03. The van der Waals surface area contributed by atoms with Crippen molar-refractivity contribution in [2.75, 3.05) is 0 Å². The lowest BCUT2D eigenvalue weighted by atomic mass is 10.0. The number of hydrogen-bond acceptors (Lipinski definition) is 2. The summed E-state index contributed by atoms with van der Waals surface area (Å²) < 4.78 is 4.80. The summed E-state index contributed by atoms with van der Waals surface area (Å²) in [5.74, 6) is 0.483. The molecule has 0 spiro atoms. The van der Waals surface area contributed by atoms with Gasteiger partial charge in [0.1, 0.15) is 5.76 Å². The zero-order valence-corrected chi connectivity index (χ0v) is 6.67. The Balaban J connectivity index is 2.47. The number of carbonyl (C=O) groups is 1. The van der Waals surface area contributed by atoms with Crippen LogP contribution in [0.3, 0.4) is 0 Å². The Morgan fingerprint density at radius 2 is 2.55 bits per heavy atom. The topological polar surface area (TPSA) is 26.3 Å². The molecule has 0 N–H and O–H groups in total. The van der Waals surface area contributed by atoms with Gasteiger partial charge in [0.15, 0.2) is 0 Å². The molecule has 1 atom stereocenters. The first-order valence-electron chi connectivity index (χ1n) is 3.74. The second-order valence-electron chi connectivity index (χ2n) is 2.67. The minimum Gasteiger partial charge on any atom is -0.431 e. The van der Waals surface area contributed by atoms with Crippen LogP contribution in [0.15, 0.2) is 24.5 Å². The van der Waals surface area contributed by atoms with Gasteiger partial charge in [0.2, 0.25) is 0 Å². The molecule has 1 fully saturated rings. The highest BCUT2D eigenvalue weighted by atomic mass is 16.5. The number of cyclic esters (lactones) is 1. The van der Waals surface area contributed by atoms with E-state index < -0.39 is 0 Å². The number of hydrogen-bond donors (Lipinski definition) is 0. The Labute approximate surface area is 66.5 Å². The molecule has 0 aromatic rings. The van der Waals surface area contributed by atoms with Crippen molar-refractivity contribution in [1.29, 1.82) is 0 Å². The maximum atomic E-state index is 11.0. The Morgan fingerprint density at radius 1 is 1.82 bits per heavy atom. The fourth-order valence-electron chi connectivity index (χ4n) is 1.11. The first-order chi connectivity index (χ1) is 5.24. The zero-order chi connectivity index (χ0) is 8.27. The molecular weight excluding hydrogens is 140 g/mol. The molecule has 0 bridgehead atoms. The van der Waals surface area contributed by atoms with E-state index in [2.05, 4.69) is 6.58 Å². The lowest BCUT2D eigenvalue weighted by Gasteiger charge is -1.96. The molecule has 0 aromatic carbocycles. The summed E-state index contributed by atoms with van der Waals surface area (Å²) in [4.78, 5) is 11.0. The number of allylic oxidation sites excluding steroid dienone is 3. The summed E-state index contributed by atoms with van der Waals surface area (Å²) in [6.45, 7) is 5.54. The smallest absolute Gasteiger partial charge is 0.314 e. The highest BCUT2D eigenvalue weighted by Crippen LogP contribution is 2.25. The first-order valence-corrected chi connectivity index (χ1v) is 3.74. The van der Waals surface area contributed by atoms with E-state index in [0.717, 1.165) is 6.42 Å². The molecule has 11 heavy (non-hydrogen) atoms. The molecule has 0 radical (unpaired) electrons. The normalized spacial score (nSPS) is 24.6. The Morgan fingerprint density at radius 3 is 3.00 bits per heavy atom. The lowest BCUT2D eigenvalue weighted by molar-refractivity contribution is -0.138. The van der Waals surface area contributed by atoms with E-state index in [1.54, 1.807) is 0 Å². The highest BCUT2D eigenvalue weighted by molar-refractivity contribution is 5.76. The molecular formula is C9H12O2. The van der Waals surface area contributed by atoms with Crippen LogP contribution in [0.2, 0.25) is 0 Å². The van der Waals surface area contributed by atoms with Crippen LogP contribution in [0.4, 0.5) is 0 Å². The van der Waals surface area contributed by atoms with Crippen LogP contribution in [0.5, 0.6) is 0 Å². The summed E-state index contributed by atoms with van der Waals surface area (Å²) in [5, 5.41) is 0. The Hall–Kier alpha value is -1.05. The van der Waals surface area contributed by atoms with E-state index in [-0.39, 0.29) is 11.9 Å². The zero-order valence-electron chi connectivity index (χ0n) is 6.67. The van der Waals surface area contributed by atoms with Crippen molar-refractivity contribution in [2.24, 2.45) is 5.92 Å². The van der Waals surface area contributed by atoms with E-state index in [9.17, 15) is 4.79 Å². The van der Waals surface area contributed by atoms with Gasteiger partial charge in [0, 0.05) is 6.42 Å². The Kier molecular flexibility index (Phi) is 2.47. The molecule has 0 aromatic heterocycles. The molecule has 0 amide bonds. The van der Waals surface area contributed by atoms with E-state index in [1.165, 1.54) is 0 Å². The highest BCUT2D eigenvalue weighted by Gasteiger charge is 2.27. The van der Waals surface area contributed by atoms with Gasteiger partial charge in [-0.1, -0.05) is 18.7 Å². The van der Waals surface area contributed by atoms with Crippen LogP contribution in [0.1, 0.15) is 19.8 Å². The predicted molar refractivity (Wildman–Crippen MR) is 42.8 cm³/mol.